The summed E-state index contributed by atoms with van der Waals surface area (Å²) in [7, 11) is 1.60. The number of carbonyl (C=O) groups excluding carboxylic acids is 2. The van der Waals surface area contributed by atoms with E-state index < -0.39 is 23.4 Å². The number of ether oxygens (including phenoxy) is 3. The van der Waals surface area contributed by atoms with Gasteiger partial charge in [-0.25, -0.2) is 4.79 Å². The SMILES string of the molecule is COc1ccc(CN2C(=O)CCc3c(OC[C@@]4(O)CCN(C(=O)OC(C)(C)C)C[C@@H]4O)ccc(Cl)c32)cc1. The number of β-amino-alcohol motifs (C(OH)–C–C–N with tert-alkyl or cyclic N) is 1. The standard InChI is InChI=1S/C28H35ClN2O7/c1-27(2,3)38-26(34)30-14-13-28(35,23(32)16-30)17-37-22-11-10-21(29)25-20(22)9-12-24(33)31(25)15-18-5-7-19(36-4)8-6-18/h5-8,10-11,23,32,35H,9,12-17H2,1-4H3/t23-,28-/m0/s1. The van der Waals surface area contributed by atoms with Gasteiger partial charge in [0, 0.05) is 18.5 Å². The van der Waals surface area contributed by atoms with Crippen LogP contribution in [0.2, 0.25) is 5.02 Å². The van der Waals surface area contributed by atoms with Gasteiger partial charge in [0.25, 0.3) is 0 Å². The maximum atomic E-state index is 12.9. The Bertz CT molecular complexity index is 1180. The predicted octanol–water partition coefficient (Wildman–Crippen LogP) is 3.94. The summed E-state index contributed by atoms with van der Waals surface area (Å²) in [6, 6.07) is 10.9. The number of halogens is 1. The van der Waals surface area contributed by atoms with Crippen LogP contribution in [-0.2, 0) is 22.5 Å². The van der Waals surface area contributed by atoms with Crippen molar-refractivity contribution in [1.82, 2.24) is 4.90 Å². The molecule has 10 heteroatoms. The van der Waals surface area contributed by atoms with E-state index in [9.17, 15) is 19.8 Å². The number of methoxy groups -OCH3 is 1. The Balaban J connectivity index is 1.48. The number of likely N-dealkylation sites (tertiary alicyclic amines) is 1. The third kappa shape index (κ3) is 6.17. The van der Waals surface area contributed by atoms with Crippen molar-refractivity contribution >= 4 is 29.3 Å². The Hall–Kier alpha value is -3.01. The molecule has 1 fully saturated rings. The fraction of sp³-hybridized carbons (Fsp3) is 0.500. The molecule has 0 radical (unpaired) electrons. The Morgan fingerprint density at radius 1 is 1.16 bits per heavy atom. The highest BCUT2D eigenvalue weighted by Gasteiger charge is 2.44. The summed E-state index contributed by atoms with van der Waals surface area (Å²) in [5.41, 5.74) is 0.0648. The van der Waals surface area contributed by atoms with Gasteiger partial charge >= 0.3 is 6.09 Å². The number of aliphatic hydroxyl groups is 2. The van der Waals surface area contributed by atoms with Crippen LogP contribution in [0.1, 0.15) is 44.7 Å². The smallest absolute Gasteiger partial charge is 0.410 e. The summed E-state index contributed by atoms with van der Waals surface area (Å²) in [6.07, 6.45) is -0.910. The molecule has 206 valence electrons. The normalized spacial score (nSPS) is 21.7. The van der Waals surface area contributed by atoms with Gasteiger partial charge in [-0.05, 0) is 63.4 Å². The van der Waals surface area contributed by atoms with Crippen molar-refractivity contribution in [3.05, 3.63) is 52.5 Å². The van der Waals surface area contributed by atoms with Crippen LogP contribution in [0, 0.1) is 0 Å². The number of hydrogen-bond donors (Lipinski definition) is 2. The van der Waals surface area contributed by atoms with E-state index in [2.05, 4.69) is 0 Å². The van der Waals surface area contributed by atoms with Gasteiger partial charge in [-0.1, -0.05) is 23.7 Å². The van der Waals surface area contributed by atoms with Crippen LogP contribution >= 0.6 is 11.6 Å². The van der Waals surface area contributed by atoms with E-state index >= 15 is 0 Å². The van der Waals surface area contributed by atoms with Gasteiger partial charge in [0.1, 0.15) is 35.4 Å². The van der Waals surface area contributed by atoms with E-state index in [1.165, 1.54) is 4.90 Å². The Morgan fingerprint density at radius 3 is 2.50 bits per heavy atom. The molecule has 2 heterocycles. The first-order valence-corrected chi connectivity index (χ1v) is 13.0. The zero-order valence-electron chi connectivity index (χ0n) is 22.2. The van der Waals surface area contributed by atoms with Crippen molar-refractivity contribution in [3.8, 4) is 11.5 Å². The van der Waals surface area contributed by atoms with Gasteiger partial charge in [0.2, 0.25) is 5.91 Å². The van der Waals surface area contributed by atoms with Crippen LogP contribution in [0.3, 0.4) is 0 Å². The summed E-state index contributed by atoms with van der Waals surface area (Å²) in [4.78, 5) is 28.3. The number of nitrogens with zero attached hydrogens (tertiary/aromatic N) is 2. The zero-order valence-corrected chi connectivity index (χ0v) is 23.0. The quantitative estimate of drug-likeness (QED) is 0.565. The van der Waals surface area contributed by atoms with Crippen LogP contribution in [0.4, 0.5) is 10.5 Å². The molecule has 2 amide bonds. The van der Waals surface area contributed by atoms with E-state index in [4.69, 9.17) is 25.8 Å². The Kier molecular flexibility index (Phi) is 8.11. The molecule has 2 aliphatic rings. The molecule has 0 aliphatic carbocycles. The minimum Gasteiger partial charge on any atom is -0.497 e. The molecule has 2 atom stereocenters. The second-order valence-corrected chi connectivity index (χ2v) is 11.2. The molecule has 0 unspecified atom stereocenters. The summed E-state index contributed by atoms with van der Waals surface area (Å²) >= 11 is 6.57. The minimum atomic E-state index is -1.56. The number of aliphatic hydroxyl groups excluding tert-OH is 1. The van der Waals surface area contributed by atoms with Crippen LogP contribution < -0.4 is 14.4 Å². The fourth-order valence-corrected chi connectivity index (χ4v) is 4.94. The number of fused-ring (bicyclic) bond motifs is 1. The maximum Gasteiger partial charge on any atom is 0.410 e. The monoisotopic (exact) mass is 546 g/mol. The summed E-state index contributed by atoms with van der Waals surface area (Å²) < 4.78 is 16.7. The van der Waals surface area contributed by atoms with Gasteiger partial charge in [0.15, 0.2) is 0 Å². The lowest BCUT2D eigenvalue weighted by atomic mass is 9.89. The minimum absolute atomic E-state index is 0.0454. The highest BCUT2D eigenvalue weighted by Crippen LogP contribution is 2.41. The summed E-state index contributed by atoms with van der Waals surface area (Å²) in [5, 5.41) is 22.3. The first-order valence-electron chi connectivity index (χ1n) is 12.7. The molecule has 2 N–H and O–H groups in total. The molecule has 38 heavy (non-hydrogen) atoms. The largest absolute Gasteiger partial charge is 0.497 e. The molecular formula is C28H35ClN2O7. The average molecular weight is 547 g/mol. The van der Waals surface area contributed by atoms with Crippen molar-refractivity contribution < 1.29 is 34.0 Å². The van der Waals surface area contributed by atoms with Crippen molar-refractivity contribution in [2.75, 3.05) is 31.7 Å². The molecule has 4 rings (SSSR count). The number of anilines is 1. The molecule has 0 aromatic heterocycles. The second-order valence-electron chi connectivity index (χ2n) is 10.8. The lowest BCUT2D eigenvalue weighted by Crippen LogP contribution is -2.59. The Morgan fingerprint density at radius 2 is 1.87 bits per heavy atom. The van der Waals surface area contributed by atoms with E-state index in [0.29, 0.717) is 29.4 Å². The van der Waals surface area contributed by atoms with E-state index in [1.807, 2.05) is 24.3 Å². The van der Waals surface area contributed by atoms with Crippen LogP contribution in [0.15, 0.2) is 36.4 Å². The molecular weight excluding hydrogens is 512 g/mol. The van der Waals surface area contributed by atoms with Gasteiger partial charge in [-0.2, -0.15) is 0 Å². The van der Waals surface area contributed by atoms with Crippen LogP contribution in [-0.4, -0.2) is 71.2 Å². The highest BCUT2D eigenvalue weighted by molar-refractivity contribution is 6.34. The third-order valence-corrected chi connectivity index (χ3v) is 7.11. The second kappa shape index (κ2) is 11.0. The van der Waals surface area contributed by atoms with E-state index in [0.717, 1.165) is 16.9 Å². The first-order chi connectivity index (χ1) is 17.9. The molecule has 0 saturated carbocycles. The number of benzene rings is 2. The Labute approximate surface area is 227 Å². The topological polar surface area (TPSA) is 109 Å². The number of amides is 2. The van der Waals surface area contributed by atoms with Gasteiger partial charge in [0.05, 0.1) is 30.9 Å². The van der Waals surface area contributed by atoms with Gasteiger partial charge in [-0.15, -0.1) is 0 Å². The zero-order chi connectivity index (χ0) is 27.7. The van der Waals surface area contributed by atoms with Crippen molar-refractivity contribution in [2.45, 2.75) is 63.9 Å². The van der Waals surface area contributed by atoms with Gasteiger partial charge in [-0.3, -0.25) is 4.79 Å². The number of piperidine rings is 1. The maximum absolute atomic E-state index is 12.9. The van der Waals surface area contributed by atoms with Crippen molar-refractivity contribution in [2.24, 2.45) is 0 Å². The lowest BCUT2D eigenvalue weighted by molar-refractivity contribution is -0.135. The first kappa shape index (κ1) is 28.0. The molecule has 2 aromatic carbocycles. The summed E-state index contributed by atoms with van der Waals surface area (Å²) in [5.74, 6) is 1.17. The van der Waals surface area contributed by atoms with Crippen molar-refractivity contribution in [1.29, 1.82) is 0 Å². The van der Waals surface area contributed by atoms with Crippen LogP contribution in [0.5, 0.6) is 11.5 Å². The molecule has 0 bridgehead atoms. The molecule has 2 aliphatic heterocycles. The lowest BCUT2D eigenvalue weighted by Gasteiger charge is -2.42. The molecule has 9 nitrogen and oxygen atoms in total. The number of rotatable bonds is 6. The highest BCUT2D eigenvalue weighted by atomic mass is 35.5. The average Bonchev–Trinajstić information content (AvgIpc) is 2.86. The predicted molar refractivity (Wildman–Crippen MR) is 143 cm³/mol. The van der Waals surface area contributed by atoms with Crippen LogP contribution in [0.25, 0.3) is 0 Å². The van der Waals surface area contributed by atoms with Crippen molar-refractivity contribution in [3.63, 3.8) is 0 Å². The molecule has 0 spiro atoms. The van der Waals surface area contributed by atoms with E-state index in [1.54, 1.807) is 44.9 Å². The van der Waals surface area contributed by atoms with E-state index in [-0.39, 0.29) is 38.4 Å². The van der Waals surface area contributed by atoms with Gasteiger partial charge < -0.3 is 34.2 Å². The third-order valence-electron chi connectivity index (χ3n) is 6.81. The molecule has 2 aromatic rings. The number of hydrogen-bond acceptors (Lipinski definition) is 7. The summed E-state index contributed by atoms with van der Waals surface area (Å²) in [6.45, 7) is 5.61. The molecule has 1 saturated heterocycles. The number of carbonyl (C=O) groups is 2. The fourth-order valence-electron chi connectivity index (χ4n) is 4.66.